The average molecular weight is 261 g/mol. The summed E-state index contributed by atoms with van der Waals surface area (Å²) in [5.41, 5.74) is 2.22. The standard InChI is InChI=1S/C16H23NO2/c1-4-8-17-14(7-9-18-3)16-11-13-10-12(2)5-6-15(13)19-16/h5-6,10-11,14,17H,4,7-9H2,1-3H3. The van der Waals surface area contributed by atoms with Gasteiger partial charge in [-0.2, -0.15) is 0 Å². The van der Waals surface area contributed by atoms with E-state index >= 15 is 0 Å². The number of benzene rings is 1. The van der Waals surface area contributed by atoms with Crippen molar-refractivity contribution in [3.8, 4) is 0 Å². The Morgan fingerprint density at radius 2 is 2.16 bits per heavy atom. The zero-order chi connectivity index (χ0) is 13.7. The molecule has 1 atom stereocenters. The van der Waals surface area contributed by atoms with E-state index in [1.165, 1.54) is 10.9 Å². The fourth-order valence-electron chi connectivity index (χ4n) is 2.25. The lowest BCUT2D eigenvalue weighted by molar-refractivity contribution is 0.179. The summed E-state index contributed by atoms with van der Waals surface area (Å²) in [6.45, 7) is 5.99. The van der Waals surface area contributed by atoms with Gasteiger partial charge in [-0.05, 0) is 44.5 Å². The van der Waals surface area contributed by atoms with Crippen LogP contribution in [-0.4, -0.2) is 20.3 Å². The summed E-state index contributed by atoms with van der Waals surface area (Å²) in [4.78, 5) is 0. The van der Waals surface area contributed by atoms with Crippen molar-refractivity contribution >= 4 is 11.0 Å². The van der Waals surface area contributed by atoms with Crippen molar-refractivity contribution in [1.82, 2.24) is 5.32 Å². The van der Waals surface area contributed by atoms with Crippen molar-refractivity contribution < 1.29 is 9.15 Å². The molecule has 1 N–H and O–H groups in total. The Labute approximate surface area is 114 Å². The minimum absolute atomic E-state index is 0.229. The number of hydrogen-bond acceptors (Lipinski definition) is 3. The van der Waals surface area contributed by atoms with Crippen molar-refractivity contribution in [3.05, 3.63) is 35.6 Å². The maximum atomic E-state index is 5.96. The predicted molar refractivity (Wildman–Crippen MR) is 78.5 cm³/mol. The lowest BCUT2D eigenvalue weighted by atomic mass is 10.1. The number of hydrogen-bond donors (Lipinski definition) is 1. The Morgan fingerprint density at radius 1 is 1.32 bits per heavy atom. The zero-order valence-electron chi connectivity index (χ0n) is 12.0. The van der Waals surface area contributed by atoms with Crippen molar-refractivity contribution in [3.63, 3.8) is 0 Å². The van der Waals surface area contributed by atoms with Crippen LogP contribution in [-0.2, 0) is 4.74 Å². The lowest BCUT2D eigenvalue weighted by Crippen LogP contribution is -2.22. The van der Waals surface area contributed by atoms with Gasteiger partial charge >= 0.3 is 0 Å². The third-order valence-electron chi connectivity index (χ3n) is 3.29. The molecule has 0 aliphatic carbocycles. The quantitative estimate of drug-likeness (QED) is 0.822. The molecule has 19 heavy (non-hydrogen) atoms. The first-order valence-corrected chi connectivity index (χ1v) is 6.97. The summed E-state index contributed by atoms with van der Waals surface area (Å²) in [6.07, 6.45) is 2.04. The number of ether oxygens (including phenoxy) is 1. The van der Waals surface area contributed by atoms with Gasteiger partial charge < -0.3 is 14.5 Å². The molecule has 0 amide bonds. The Morgan fingerprint density at radius 3 is 2.89 bits per heavy atom. The van der Waals surface area contributed by atoms with E-state index in [0.29, 0.717) is 0 Å². The molecule has 1 heterocycles. The van der Waals surface area contributed by atoms with E-state index in [-0.39, 0.29) is 6.04 Å². The molecule has 0 aliphatic rings. The highest BCUT2D eigenvalue weighted by atomic mass is 16.5. The van der Waals surface area contributed by atoms with Crippen LogP contribution >= 0.6 is 0 Å². The van der Waals surface area contributed by atoms with Crippen LogP contribution in [0.15, 0.2) is 28.7 Å². The predicted octanol–water partition coefficient (Wildman–Crippen LogP) is 3.82. The van der Waals surface area contributed by atoms with Gasteiger partial charge in [-0.3, -0.25) is 0 Å². The third-order valence-corrected chi connectivity index (χ3v) is 3.29. The Bertz CT molecular complexity index is 510. The van der Waals surface area contributed by atoms with Crippen LogP contribution in [0.25, 0.3) is 11.0 Å². The van der Waals surface area contributed by atoms with Crippen LogP contribution < -0.4 is 5.32 Å². The number of rotatable bonds is 7. The molecule has 0 radical (unpaired) electrons. The van der Waals surface area contributed by atoms with Gasteiger partial charge in [-0.15, -0.1) is 0 Å². The van der Waals surface area contributed by atoms with Crippen molar-refractivity contribution in [2.75, 3.05) is 20.3 Å². The molecular weight excluding hydrogens is 238 g/mol. The van der Waals surface area contributed by atoms with E-state index in [0.717, 1.165) is 37.3 Å². The van der Waals surface area contributed by atoms with Crippen LogP contribution in [0.2, 0.25) is 0 Å². The first-order chi connectivity index (χ1) is 9.24. The van der Waals surface area contributed by atoms with Gasteiger partial charge in [0.05, 0.1) is 6.04 Å². The molecule has 104 valence electrons. The molecule has 2 rings (SSSR count). The Kier molecular flexibility index (Phi) is 5.00. The number of furan rings is 1. The number of nitrogens with one attached hydrogen (secondary N) is 1. The first kappa shape index (κ1) is 14.1. The molecule has 1 aromatic carbocycles. The highest BCUT2D eigenvalue weighted by molar-refractivity contribution is 5.78. The largest absolute Gasteiger partial charge is 0.459 e. The fraction of sp³-hybridized carbons (Fsp3) is 0.500. The maximum absolute atomic E-state index is 5.96. The Balaban J connectivity index is 2.21. The van der Waals surface area contributed by atoms with E-state index in [1.54, 1.807) is 7.11 Å². The highest BCUT2D eigenvalue weighted by Gasteiger charge is 2.15. The normalized spacial score (nSPS) is 13.0. The van der Waals surface area contributed by atoms with Crippen LogP contribution in [0, 0.1) is 6.92 Å². The summed E-state index contributed by atoms with van der Waals surface area (Å²) in [6, 6.07) is 8.66. The molecule has 0 saturated heterocycles. The van der Waals surface area contributed by atoms with Gasteiger partial charge in [0, 0.05) is 19.1 Å². The minimum Gasteiger partial charge on any atom is -0.459 e. The summed E-state index contributed by atoms with van der Waals surface area (Å²) < 4.78 is 11.1. The average Bonchev–Trinajstić information content (AvgIpc) is 2.81. The second kappa shape index (κ2) is 6.73. The molecule has 0 fully saturated rings. The smallest absolute Gasteiger partial charge is 0.134 e. The molecule has 0 aliphatic heterocycles. The molecule has 3 heteroatoms. The number of fused-ring (bicyclic) bond motifs is 1. The van der Waals surface area contributed by atoms with Gasteiger partial charge in [0.1, 0.15) is 11.3 Å². The second-order valence-electron chi connectivity index (χ2n) is 4.98. The SMILES string of the molecule is CCCNC(CCOC)c1cc2cc(C)ccc2o1. The molecule has 0 spiro atoms. The van der Waals surface area contributed by atoms with Crippen molar-refractivity contribution in [2.45, 2.75) is 32.7 Å². The van der Waals surface area contributed by atoms with E-state index < -0.39 is 0 Å². The van der Waals surface area contributed by atoms with Crippen LogP contribution in [0.4, 0.5) is 0 Å². The molecule has 3 nitrogen and oxygen atoms in total. The van der Waals surface area contributed by atoms with E-state index in [4.69, 9.17) is 9.15 Å². The van der Waals surface area contributed by atoms with Crippen LogP contribution in [0.1, 0.15) is 37.1 Å². The van der Waals surface area contributed by atoms with Gasteiger partial charge in [-0.25, -0.2) is 0 Å². The van der Waals surface area contributed by atoms with Gasteiger partial charge in [0.2, 0.25) is 0 Å². The third kappa shape index (κ3) is 3.58. The summed E-state index contributed by atoms with van der Waals surface area (Å²) >= 11 is 0. The van der Waals surface area contributed by atoms with Gasteiger partial charge in [-0.1, -0.05) is 18.6 Å². The number of methoxy groups -OCH3 is 1. The van der Waals surface area contributed by atoms with Crippen molar-refractivity contribution in [2.24, 2.45) is 0 Å². The zero-order valence-corrected chi connectivity index (χ0v) is 12.0. The van der Waals surface area contributed by atoms with E-state index in [9.17, 15) is 0 Å². The topological polar surface area (TPSA) is 34.4 Å². The molecule has 1 unspecified atom stereocenters. The molecule has 0 bridgehead atoms. The highest BCUT2D eigenvalue weighted by Crippen LogP contribution is 2.26. The molecule has 0 saturated carbocycles. The van der Waals surface area contributed by atoms with E-state index in [1.807, 2.05) is 6.07 Å². The van der Waals surface area contributed by atoms with E-state index in [2.05, 4.69) is 37.4 Å². The summed E-state index contributed by atoms with van der Waals surface area (Å²) in [7, 11) is 1.73. The monoisotopic (exact) mass is 261 g/mol. The lowest BCUT2D eigenvalue weighted by Gasteiger charge is -2.15. The molecular formula is C16H23NO2. The van der Waals surface area contributed by atoms with Gasteiger partial charge in [0.15, 0.2) is 0 Å². The second-order valence-corrected chi connectivity index (χ2v) is 4.98. The summed E-state index contributed by atoms with van der Waals surface area (Å²) in [5, 5.41) is 4.70. The van der Waals surface area contributed by atoms with Crippen LogP contribution in [0.5, 0.6) is 0 Å². The first-order valence-electron chi connectivity index (χ1n) is 6.97. The Hall–Kier alpha value is -1.32. The fourth-order valence-corrected chi connectivity index (χ4v) is 2.25. The number of aryl methyl sites for hydroxylation is 1. The maximum Gasteiger partial charge on any atom is 0.134 e. The van der Waals surface area contributed by atoms with Gasteiger partial charge in [0.25, 0.3) is 0 Å². The molecule has 2 aromatic rings. The van der Waals surface area contributed by atoms with Crippen LogP contribution in [0.3, 0.4) is 0 Å². The molecule has 1 aromatic heterocycles. The van der Waals surface area contributed by atoms with Crippen molar-refractivity contribution in [1.29, 1.82) is 0 Å². The summed E-state index contributed by atoms with van der Waals surface area (Å²) in [5.74, 6) is 1.01. The minimum atomic E-state index is 0.229.